The summed E-state index contributed by atoms with van der Waals surface area (Å²) >= 11 is 0. The summed E-state index contributed by atoms with van der Waals surface area (Å²) in [7, 11) is 0. The molecule has 1 rings (SSSR count). The van der Waals surface area contributed by atoms with E-state index >= 15 is 0 Å². The van der Waals surface area contributed by atoms with Gasteiger partial charge in [-0.15, -0.1) is 0 Å². The van der Waals surface area contributed by atoms with Gasteiger partial charge in [0.05, 0.1) is 15.9 Å². The van der Waals surface area contributed by atoms with Crippen LogP contribution >= 0.6 is 0 Å². The van der Waals surface area contributed by atoms with Crippen LogP contribution < -0.4 is 0 Å². The normalized spacial score (nSPS) is 19.6. The van der Waals surface area contributed by atoms with E-state index in [1.807, 2.05) is 0 Å². The Hall–Kier alpha value is -1.86. The fourth-order valence-electron chi connectivity index (χ4n) is 0.985. The molecule has 0 aromatic carbocycles. The zero-order valence-electron chi connectivity index (χ0n) is 6.65. The summed E-state index contributed by atoms with van der Waals surface area (Å²) in [6.07, 6.45) is -0.329. The van der Waals surface area contributed by atoms with Gasteiger partial charge in [-0.05, 0) is 0 Å². The highest BCUT2D eigenvalue weighted by Gasteiger charge is 2.41. The van der Waals surface area contributed by atoms with Crippen LogP contribution in [0, 0.1) is 20.2 Å². The zero-order valence-corrected chi connectivity index (χ0v) is 6.65. The molecule has 0 amide bonds. The van der Waals surface area contributed by atoms with Crippen LogP contribution in [0.2, 0.25) is 0 Å². The number of rotatable bonds is 2. The molecule has 0 unspecified atom stereocenters. The van der Waals surface area contributed by atoms with E-state index in [1.165, 1.54) is 0 Å². The minimum Gasteiger partial charge on any atom is -0.258 e. The molecular weight excluding hydrogens is 202 g/mol. The van der Waals surface area contributed by atoms with Gasteiger partial charge in [0.25, 0.3) is 5.92 Å². The third kappa shape index (κ3) is 1.90. The predicted octanol–water partition coefficient (Wildman–Crippen LogP) is 1.35. The van der Waals surface area contributed by atoms with E-state index in [9.17, 15) is 29.0 Å². The molecule has 0 bridgehead atoms. The minimum atomic E-state index is -3.39. The van der Waals surface area contributed by atoms with E-state index in [-0.39, 0.29) is 6.08 Å². The number of halogens is 2. The monoisotopic (exact) mass is 206 g/mol. The van der Waals surface area contributed by atoms with Crippen LogP contribution in [0.25, 0.3) is 0 Å². The molecule has 0 atom stereocenters. The number of hydrogen-bond donors (Lipinski definition) is 0. The van der Waals surface area contributed by atoms with Gasteiger partial charge in [-0.3, -0.25) is 20.2 Å². The van der Waals surface area contributed by atoms with Gasteiger partial charge in [-0.1, -0.05) is 0 Å². The molecule has 0 aliphatic heterocycles. The van der Waals surface area contributed by atoms with Gasteiger partial charge in [0.2, 0.25) is 0 Å². The molecule has 0 saturated heterocycles. The van der Waals surface area contributed by atoms with Crippen LogP contribution in [0.3, 0.4) is 0 Å². The Balaban J connectivity index is 3.14. The number of nitro groups is 2. The molecule has 14 heavy (non-hydrogen) atoms. The summed E-state index contributed by atoms with van der Waals surface area (Å²) < 4.78 is 25.2. The predicted molar refractivity (Wildman–Crippen MR) is 39.7 cm³/mol. The molecule has 0 radical (unpaired) electrons. The maximum Gasteiger partial charge on any atom is 0.347 e. The fourth-order valence-corrected chi connectivity index (χ4v) is 0.985. The Morgan fingerprint density at radius 2 is 1.71 bits per heavy atom. The lowest BCUT2D eigenvalue weighted by Crippen LogP contribution is -2.22. The molecule has 8 heteroatoms. The standard InChI is InChI=1S/C6H4F2N2O4/c7-6(8)2-1-4(9(11)12)5(3-6)10(13)14/h1,3H,2H2. The average molecular weight is 206 g/mol. The van der Waals surface area contributed by atoms with Crippen molar-refractivity contribution in [3.05, 3.63) is 43.8 Å². The molecule has 1 aliphatic carbocycles. The number of hydrogen-bond acceptors (Lipinski definition) is 4. The summed E-state index contributed by atoms with van der Waals surface area (Å²) in [5.41, 5.74) is -2.05. The first-order chi connectivity index (χ1) is 6.33. The first-order valence-electron chi connectivity index (χ1n) is 3.43. The summed E-state index contributed by atoms with van der Waals surface area (Å²) in [6.45, 7) is 0. The van der Waals surface area contributed by atoms with Crippen molar-refractivity contribution < 1.29 is 18.6 Å². The van der Waals surface area contributed by atoms with Crippen molar-refractivity contribution in [1.82, 2.24) is 0 Å². The van der Waals surface area contributed by atoms with Crippen molar-refractivity contribution >= 4 is 0 Å². The lowest BCUT2D eigenvalue weighted by molar-refractivity contribution is -0.481. The van der Waals surface area contributed by atoms with Crippen molar-refractivity contribution in [2.45, 2.75) is 12.3 Å². The molecule has 1 aliphatic rings. The highest BCUT2D eigenvalue weighted by Crippen LogP contribution is 2.30. The minimum absolute atomic E-state index is 0.00509. The first kappa shape index (κ1) is 10.2. The zero-order chi connectivity index (χ0) is 10.9. The third-order valence-corrected chi connectivity index (χ3v) is 1.57. The number of alkyl halides is 2. The van der Waals surface area contributed by atoms with Crippen molar-refractivity contribution in [3.8, 4) is 0 Å². The van der Waals surface area contributed by atoms with Gasteiger partial charge in [0.1, 0.15) is 0 Å². The Kier molecular flexibility index (Phi) is 2.28. The molecule has 0 saturated carbocycles. The number of allylic oxidation sites excluding steroid dienone is 2. The second-order valence-electron chi connectivity index (χ2n) is 2.60. The summed E-state index contributed by atoms with van der Waals surface area (Å²) in [6, 6.07) is 0. The molecule has 0 aromatic rings. The molecule has 0 heterocycles. The summed E-state index contributed by atoms with van der Waals surface area (Å²) in [5.74, 6) is -3.39. The van der Waals surface area contributed by atoms with E-state index in [2.05, 4.69) is 0 Å². The van der Waals surface area contributed by atoms with Gasteiger partial charge < -0.3 is 0 Å². The van der Waals surface area contributed by atoms with Gasteiger partial charge in [0.15, 0.2) is 0 Å². The van der Waals surface area contributed by atoms with Gasteiger partial charge in [-0.2, -0.15) is 0 Å². The van der Waals surface area contributed by atoms with E-state index in [1.54, 1.807) is 0 Å². The largest absolute Gasteiger partial charge is 0.347 e. The smallest absolute Gasteiger partial charge is 0.258 e. The maximum atomic E-state index is 12.6. The highest BCUT2D eigenvalue weighted by atomic mass is 19.3. The number of nitrogens with zero attached hydrogens (tertiary/aromatic N) is 2. The Bertz CT molecular complexity index is 361. The molecule has 0 spiro atoms. The van der Waals surface area contributed by atoms with E-state index in [0.29, 0.717) is 6.08 Å². The molecule has 76 valence electrons. The first-order valence-corrected chi connectivity index (χ1v) is 3.43. The second kappa shape index (κ2) is 3.13. The lowest BCUT2D eigenvalue weighted by atomic mass is 10.1. The maximum absolute atomic E-state index is 12.6. The quantitative estimate of drug-likeness (QED) is 0.503. The van der Waals surface area contributed by atoms with Gasteiger partial charge in [-0.25, -0.2) is 8.78 Å². The van der Waals surface area contributed by atoms with Crippen LogP contribution in [0.15, 0.2) is 23.5 Å². The van der Waals surface area contributed by atoms with Crippen molar-refractivity contribution in [1.29, 1.82) is 0 Å². The molecule has 6 nitrogen and oxygen atoms in total. The topological polar surface area (TPSA) is 86.3 Å². The summed E-state index contributed by atoms with van der Waals surface area (Å²) in [5, 5.41) is 20.4. The summed E-state index contributed by atoms with van der Waals surface area (Å²) in [4.78, 5) is 18.2. The third-order valence-electron chi connectivity index (χ3n) is 1.57. The lowest BCUT2D eigenvalue weighted by Gasteiger charge is -2.11. The van der Waals surface area contributed by atoms with Crippen molar-refractivity contribution in [2.75, 3.05) is 0 Å². The van der Waals surface area contributed by atoms with Crippen molar-refractivity contribution in [3.63, 3.8) is 0 Å². The van der Waals surface area contributed by atoms with Crippen LogP contribution in [0.1, 0.15) is 6.42 Å². The average Bonchev–Trinajstić information content (AvgIpc) is 2.01. The molecule has 0 fully saturated rings. The van der Waals surface area contributed by atoms with Crippen molar-refractivity contribution in [2.24, 2.45) is 0 Å². The Morgan fingerprint density at radius 3 is 2.14 bits per heavy atom. The van der Waals surface area contributed by atoms with E-state index in [0.717, 1.165) is 0 Å². The Morgan fingerprint density at radius 1 is 1.21 bits per heavy atom. The SMILES string of the molecule is O=[N+]([O-])C1=CCC(F)(F)C=C1[N+](=O)[O-]. The van der Waals surface area contributed by atoms with Crippen LogP contribution in [-0.2, 0) is 0 Å². The molecule has 0 aromatic heterocycles. The van der Waals surface area contributed by atoms with E-state index in [4.69, 9.17) is 0 Å². The van der Waals surface area contributed by atoms with Gasteiger partial charge in [0, 0.05) is 12.5 Å². The Labute approximate surface area is 75.8 Å². The van der Waals surface area contributed by atoms with Gasteiger partial charge >= 0.3 is 11.4 Å². The van der Waals surface area contributed by atoms with Crippen LogP contribution in [0.4, 0.5) is 8.78 Å². The fraction of sp³-hybridized carbons (Fsp3) is 0.333. The molecule has 0 N–H and O–H groups in total. The van der Waals surface area contributed by atoms with E-state index < -0.39 is 33.6 Å². The molecular formula is C6H4F2N2O4. The van der Waals surface area contributed by atoms with Crippen LogP contribution in [0.5, 0.6) is 0 Å². The van der Waals surface area contributed by atoms with Crippen LogP contribution in [-0.4, -0.2) is 15.8 Å². The second-order valence-corrected chi connectivity index (χ2v) is 2.60. The highest BCUT2D eigenvalue weighted by molar-refractivity contribution is 5.26.